The van der Waals surface area contributed by atoms with E-state index < -0.39 is 12.1 Å². The summed E-state index contributed by atoms with van der Waals surface area (Å²) in [5.41, 5.74) is 0.507. The predicted molar refractivity (Wildman–Crippen MR) is 51.9 cm³/mol. The summed E-state index contributed by atoms with van der Waals surface area (Å²) in [5, 5.41) is 2.18. The molecule has 0 saturated carbocycles. The van der Waals surface area contributed by atoms with Gasteiger partial charge in [0, 0.05) is 5.69 Å². The zero-order valence-corrected chi connectivity index (χ0v) is 8.03. The smallest absolute Gasteiger partial charge is 0.282 e. The topological polar surface area (TPSA) is 49.4 Å². The second-order valence-electron chi connectivity index (χ2n) is 3.32. The Morgan fingerprint density at radius 3 is 2.33 bits per heavy atom. The molecule has 15 heavy (non-hydrogen) atoms. The molecule has 0 aliphatic carbocycles. The molecule has 3 amide bonds. The molecule has 0 radical (unpaired) electrons. The quantitative estimate of drug-likeness (QED) is 0.706. The molecule has 1 aromatic rings. The molecule has 5 heteroatoms. The minimum atomic E-state index is -0.553. The van der Waals surface area contributed by atoms with E-state index in [1.54, 1.807) is 6.92 Å². The number of carbonyl (C=O) groups is 2. The van der Waals surface area contributed by atoms with E-state index in [-0.39, 0.29) is 11.7 Å². The molecular formula is C10H9FN2O2. The minimum Gasteiger partial charge on any atom is -0.282 e. The molecule has 1 saturated heterocycles. The maximum absolute atomic E-state index is 12.7. The zero-order chi connectivity index (χ0) is 11.0. The fourth-order valence-electron chi connectivity index (χ4n) is 1.51. The summed E-state index contributed by atoms with van der Waals surface area (Å²) in [7, 11) is 0. The number of rotatable bonds is 1. The van der Waals surface area contributed by atoms with Crippen molar-refractivity contribution in [3.05, 3.63) is 30.1 Å². The van der Waals surface area contributed by atoms with Crippen LogP contribution in [0.2, 0.25) is 0 Å². The van der Waals surface area contributed by atoms with Crippen LogP contribution in [0.3, 0.4) is 0 Å². The second-order valence-corrected chi connectivity index (χ2v) is 3.32. The third kappa shape index (κ3) is 1.56. The van der Waals surface area contributed by atoms with Crippen LogP contribution in [0.1, 0.15) is 6.92 Å². The molecule has 4 nitrogen and oxygen atoms in total. The third-order valence-corrected chi connectivity index (χ3v) is 2.32. The molecule has 78 valence electrons. The SMILES string of the molecule is C[C@@H]1C(=O)NC(=O)N1c1ccc(F)cc1. The van der Waals surface area contributed by atoms with Gasteiger partial charge in [-0.15, -0.1) is 0 Å². The van der Waals surface area contributed by atoms with Crippen molar-refractivity contribution in [3.8, 4) is 0 Å². The molecule has 1 heterocycles. The molecular weight excluding hydrogens is 199 g/mol. The van der Waals surface area contributed by atoms with Crippen molar-refractivity contribution in [1.82, 2.24) is 5.32 Å². The first-order valence-electron chi connectivity index (χ1n) is 4.49. The van der Waals surface area contributed by atoms with Crippen molar-refractivity contribution < 1.29 is 14.0 Å². The maximum Gasteiger partial charge on any atom is 0.329 e. The third-order valence-electron chi connectivity index (χ3n) is 2.32. The molecule has 2 rings (SSSR count). The summed E-state index contributed by atoms with van der Waals surface area (Å²) in [5.74, 6) is -0.721. The van der Waals surface area contributed by atoms with Gasteiger partial charge >= 0.3 is 6.03 Å². The Morgan fingerprint density at radius 1 is 1.27 bits per heavy atom. The number of amides is 3. The lowest BCUT2D eigenvalue weighted by atomic mass is 10.2. The Hall–Kier alpha value is -1.91. The largest absolute Gasteiger partial charge is 0.329 e. The number of urea groups is 1. The number of benzene rings is 1. The highest BCUT2D eigenvalue weighted by atomic mass is 19.1. The van der Waals surface area contributed by atoms with Gasteiger partial charge in [-0.25, -0.2) is 9.18 Å². The van der Waals surface area contributed by atoms with Gasteiger partial charge in [0.2, 0.25) is 0 Å². The summed E-state index contributed by atoms with van der Waals surface area (Å²) in [6.45, 7) is 1.61. The number of hydrogen-bond donors (Lipinski definition) is 1. The normalized spacial score (nSPS) is 20.7. The number of nitrogens with zero attached hydrogens (tertiary/aromatic N) is 1. The van der Waals surface area contributed by atoms with Crippen molar-refractivity contribution in [3.63, 3.8) is 0 Å². The Balaban J connectivity index is 2.34. The average Bonchev–Trinajstić information content (AvgIpc) is 2.44. The number of anilines is 1. The van der Waals surface area contributed by atoms with E-state index in [1.165, 1.54) is 29.2 Å². The van der Waals surface area contributed by atoms with Crippen molar-refractivity contribution >= 4 is 17.6 Å². The highest BCUT2D eigenvalue weighted by Crippen LogP contribution is 2.20. The average molecular weight is 208 g/mol. The zero-order valence-electron chi connectivity index (χ0n) is 8.03. The lowest BCUT2D eigenvalue weighted by Crippen LogP contribution is -2.32. The lowest BCUT2D eigenvalue weighted by molar-refractivity contribution is -0.119. The first-order chi connectivity index (χ1) is 7.09. The second kappa shape index (κ2) is 3.34. The van der Waals surface area contributed by atoms with Crippen LogP contribution in [0.25, 0.3) is 0 Å². The molecule has 1 atom stereocenters. The van der Waals surface area contributed by atoms with Crippen molar-refractivity contribution in [2.75, 3.05) is 4.90 Å². The molecule has 1 aromatic carbocycles. The van der Waals surface area contributed by atoms with Gasteiger partial charge in [-0.05, 0) is 31.2 Å². The van der Waals surface area contributed by atoms with Gasteiger partial charge in [0.1, 0.15) is 11.9 Å². The van der Waals surface area contributed by atoms with E-state index in [2.05, 4.69) is 5.32 Å². The summed E-state index contributed by atoms with van der Waals surface area (Å²) < 4.78 is 12.7. The molecule has 1 N–H and O–H groups in total. The fourth-order valence-corrected chi connectivity index (χ4v) is 1.51. The number of carbonyl (C=O) groups excluding carboxylic acids is 2. The molecule has 0 spiro atoms. The van der Waals surface area contributed by atoms with Crippen LogP contribution in [-0.4, -0.2) is 18.0 Å². The van der Waals surface area contributed by atoms with Crippen LogP contribution >= 0.6 is 0 Å². The van der Waals surface area contributed by atoms with E-state index in [0.717, 1.165) is 0 Å². The van der Waals surface area contributed by atoms with Crippen molar-refractivity contribution in [2.24, 2.45) is 0 Å². The first-order valence-corrected chi connectivity index (χ1v) is 4.49. The van der Waals surface area contributed by atoms with Crippen LogP contribution in [0.15, 0.2) is 24.3 Å². The minimum absolute atomic E-state index is 0.343. The molecule has 0 unspecified atom stereocenters. The highest BCUT2D eigenvalue weighted by Gasteiger charge is 2.35. The molecule has 0 aromatic heterocycles. The Bertz CT molecular complexity index is 416. The summed E-state index contributed by atoms with van der Waals surface area (Å²) in [4.78, 5) is 23.9. The van der Waals surface area contributed by atoms with Crippen molar-refractivity contribution in [1.29, 1.82) is 0 Å². The lowest BCUT2D eigenvalue weighted by Gasteiger charge is -2.18. The predicted octanol–water partition coefficient (Wildman–Crippen LogP) is 1.27. The monoisotopic (exact) mass is 208 g/mol. The van der Waals surface area contributed by atoms with E-state index in [9.17, 15) is 14.0 Å². The van der Waals surface area contributed by atoms with E-state index in [0.29, 0.717) is 5.69 Å². The van der Waals surface area contributed by atoms with Gasteiger partial charge in [0.15, 0.2) is 0 Å². The van der Waals surface area contributed by atoms with Gasteiger partial charge in [0.25, 0.3) is 5.91 Å². The number of hydrogen-bond acceptors (Lipinski definition) is 2. The van der Waals surface area contributed by atoms with E-state index in [4.69, 9.17) is 0 Å². The Kier molecular flexibility index (Phi) is 2.15. The van der Waals surface area contributed by atoms with E-state index >= 15 is 0 Å². The summed E-state index contributed by atoms with van der Waals surface area (Å²) in [6.07, 6.45) is 0. The standard InChI is InChI=1S/C10H9FN2O2/c1-6-9(14)12-10(15)13(6)8-4-2-7(11)3-5-8/h2-6H,1H3,(H,12,14,15)/t6-/m1/s1. The molecule has 0 bridgehead atoms. The fraction of sp³-hybridized carbons (Fsp3) is 0.200. The van der Waals surface area contributed by atoms with Crippen LogP contribution in [-0.2, 0) is 4.79 Å². The van der Waals surface area contributed by atoms with Gasteiger partial charge < -0.3 is 0 Å². The Labute approximate surface area is 85.7 Å². The van der Waals surface area contributed by atoms with Gasteiger partial charge in [-0.3, -0.25) is 15.0 Å². The number of imide groups is 1. The number of nitrogens with one attached hydrogen (secondary N) is 1. The van der Waals surface area contributed by atoms with Crippen molar-refractivity contribution in [2.45, 2.75) is 13.0 Å². The molecule has 1 aliphatic rings. The van der Waals surface area contributed by atoms with Gasteiger partial charge in [-0.1, -0.05) is 0 Å². The van der Waals surface area contributed by atoms with Crippen LogP contribution < -0.4 is 10.2 Å². The van der Waals surface area contributed by atoms with E-state index in [1.807, 2.05) is 0 Å². The van der Waals surface area contributed by atoms with Gasteiger partial charge in [0.05, 0.1) is 0 Å². The Morgan fingerprint density at radius 2 is 1.87 bits per heavy atom. The molecule has 1 fully saturated rings. The molecule has 1 aliphatic heterocycles. The number of halogens is 1. The summed E-state index contributed by atoms with van der Waals surface area (Å²) >= 11 is 0. The summed E-state index contributed by atoms with van der Waals surface area (Å²) in [6, 6.07) is 4.40. The van der Waals surface area contributed by atoms with Gasteiger partial charge in [-0.2, -0.15) is 0 Å². The van der Waals surface area contributed by atoms with Crippen LogP contribution in [0.4, 0.5) is 14.9 Å². The van der Waals surface area contributed by atoms with Crippen LogP contribution in [0, 0.1) is 5.82 Å². The van der Waals surface area contributed by atoms with Crippen LogP contribution in [0.5, 0.6) is 0 Å². The highest BCUT2D eigenvalue weighted by molar-refractivity contribution is 6.14. The first kappa shape index (κ1) is 9.64. The maximum atomic E-state index is 12.7.